The number of urea groups is 1. The number of H-pyrrole nitrogens is 1. The summed E-state index contributed by atoms with van der Waals surface area (Å²) in [6.07, 6.45) is 6.75. The molecule has 1 fully saturated rings. The van der Waals surface area contributed by atoms with E-state index < -0.39 is 0 Å². The lowest BCUT2D eigenvalue weighted by molar-refractivity contribution is 0.149. The van der Waals surface area contributed by atoms with Crippen LogP contribution in [0.4, 0.5) is 4.79 Å². The first kappa shape index (κ1) is 16.1. The van der Waals surface area contributed by atoms with Crippen molar-refractivity contribution < 1.29 is 4.79 Å². The summed E-state index contributed by atoms with van der Waals surface area (Å²) in [5, 5.41) is 18.8. The number of nitriles is 1. The number of benzene rings is 1. The van der Waals surface area contributed by atoms with Crippen molar-refractivity contribution in [3.05, 3.63) is 53.3 Å². The van der Waals surface area contributed by atoms with E-state index in [1.807, 2.05) is 30.2 Å². The molecule has 124 valence electrons. The van der Waals surface area contributed by atoms with Crippen LogP contribution in [-0.2, 0) is 0 Å². The summed E-state index contributed by atoms with van der Waals surface area (Å²) in [7, 11) is 0. The van der Waals surface area contributed by atoms with Crippen molar-refractivity contribution >= 4 is 6.03 Å². The standard InChI is InChI=1S/C18H21N5O/c1-13(15-7-5-14(10-19)6-8-15)22-18(24)23-9-3-2-4-17(23)16-11-20-21-12-16/h5-8,11-13,17H,2-4,9H2,1H3,(H,20,21)(H,22,24). The number of piperidine rings is 1. The van der Waals surface area contributed by atoms with Crippen molar-refractivity contribution in [1.29, 1.82) is 5.26 Å². The SMILES string of the molecule is CC(NC(=O)N1CCCCC1c1cn[nH]c1)c1ccc(C#N)cc1. The van der Waals surface area contributed by atoms with Gasteiger partial charge in [-0.25, -0.2) is 4.79 Å². The maximum Gasteiger partial charge on any atom is 0.318 e. The van der Waals surface area contributed by atoms with Gasteiger partial charge >= 0.3 is 6.03 Å². The number of nitrogens with one attached hydrogen (secondary N) is 2. The molecule has 1 saturated heterocycles. The molecule has 1 aromatic carbocycles. The van der Waals surface area contributed by atoms with E-state index in [2.05, 4.69) is 21.6 Å². The second-order valence-corrected chi connectivity index (χ2v) is 6.14. The molecular weight excluding hydrogens is 302 g/mol. The van der Waals surface area contributed by atoms with Crippen molar-refractivity contribution in [3.63, 3.8) is 0 Å². The highest BCUT2D eigenvalue weighted by Crippen LogP contribution is 2.30. The van der Waals surface area contributed by atoms with E-state index in [1.165, 1.54) is 0 Å². The van der Waals surface area contributed by atoms with Crippen LogP contribution >= 0.6 is 0 Å². The van der Waals surface area contributed by atoms with Crippen LogP contribution in [0.2, 0.25) is 0 Å². The molecule has 0 saturated carbocycles. The molecule has 6 nitrogen and oxygen atoms in total. The van der Waals surface area contributed by atoms with Gasteiger partial charge in [-0.3, -0.25) is 5.10 Å². The number of likely N-dealkylation sites (tertiary alicyclic amines) is 1. The molecule has 2 atom stereocenters. The molecular formula is C18H21N5O. The van der Waals surface area contributed by atoms with E-state index in [9.17, 15) is 4.79 Å². The summed E-state index contributed by atoms with van der Waals surface area (Å²) < 4.78 is 0. The highest BCUT2D eigenvalue weighted by atomic mass is 16.2. The highest BCUT2D eigenvalue weighted by Gasteiger charge is 2.29. The molecule has 3 rings (SSSR count). The Kier molecular flexibility index (Phi) is 4.80. The van der Waals surface area contributed by atoms with Gasteiger partial charge in [0.05, 0.1) is 29.9 Å². The Morgan fingerprint density at radius 3 is 2.88 bits per heavy atom. The minimum absolute atomic E-state index is 0.0576. The Morgan fingerprint density at radius 2 is 2.21 bits per heavy atom. The fraction of sp³-hybridized carbons (Fsp3) is 0.389. The highest BCUT2D eigenvalue weighted by molar-refractivity contribution is 5.75. The van der Waals surface area contributed by atoms with Gasteiger partial charge in [-0.1, -0.05) is 12.1 Å². The lowest BCUT2D eigenvalue weighted by Gasteiger charge is -2.36. The van der Waals surface area contributed by atoms with Crippen LogP contribution in [-0.4, -0.2) is 27.7 Å². The number of hydrogen-bond donors (Lipinski definition) is 2. The van der Waals surface area contributed by atoms with Crippen LogP contribution in [0.5, 0.6) is 0 Å². The number of amides is 2. The summed E-state index contributed by atoms with van der Waals surface area (Å²) >= 11 is 0. The Balaban J connectivity index is 1.69. The third kappa shape index (κ3) is 3.40. The number of nitrogens with zero attached hydrogens (tertiary/aromatic N) is 3. The molecule has 24 heavy (non-hydrogen) atoms. The molecule has 6 heteroatoms. The van der Waals surface area contributed by atoms with Crippen LogP contribution in [0.1, 0.15) is 55.0 Å². The van der Waals surface area contributed by atoms with Crippen molar-refractivity contribution in [3.8, 4) is 6.07 Å². The van der Waals surface area contributed by atoms with E-state index in [0.29, 0.717) is 5.56 Å². The monoisotopic (exact) mass is 323 g/mol. The van der Waals surface area contributed by atoms with E-state index in [-0.39, 0.29) is 18.1 Å². The molecule has 0 radical (unpaired) electrons. The maximum atomic E-state index is 12.7. The van der Waals surface area contributed by atoms with Crippen molar-refractivity contribution in [2.45, 2.75) is 38.3 Å². The van der Waals surface area contributed by atoms with Crippen LogP contribution in [0.15, 0.2) is 36.7 Å². The molecule has 2 unspecified atom stereocenters. The molecule has 2 heterocycles. The maximum absolute atomic E-state index is 12.7. The van der Waals surface area contributed by atoms with Crippen LogP contribution in [0.25, 0.3) is 0 Å². The Morgan fingerprint density at radius 1 is 1.42 bits per heavy atom. The first-order valence-electron chi connectivity index (χ1n) is 8.25. The van der Waals surface area contributed by atoms with E-state index in [0.717, 1.165) is 36.9 Å². The molecule has 2 aromatic rings. The molecule has 2 N–H and O–H groups in total. The van der Waals surface area contributed by atoms with Crippen LogP contribution in [0, 0.1) is 11.3 Å². The first-order valence-corrected chi connectivity index (χ1v) is 8.25. The second-order valence-electron chi connectivity index (χ2n) is 6.14. The number of rotatable bonds is 3. The Bertz CT molecular complexity index is 717. The number of carbonyl (C=O) groups excluding carboxylic acids is 1. The molecule has 1 aliphatic rings. The molecule has 1 aromatic heterocycles. The fourth-order valence-electron chi connectivity index (χ4n) is 3.16. The molecule has 2 amide bonds. The van der Waals surface area contributed by atoms with Crippen LogP contribution in [0.3, 0.4) is 0 Å². The van der Waals surface area contributed by atoms with Crippen molar-refractivity contribution in [2.75, 3.05) is 6.54 Å². The average Bonchev–Trinajstić information content (AvgIpc) is 3.16. The molecule has 0 bridgehead atoms. The zero-order chi connectivity index (χ0) is 16.9. The largest absolute Gasteiger partial charge is 0.331 e. The zero-order valence-corrected chi connectivity index (χ0v) is 13.7. The van der Waals surface area contributed by atoms with Gasteiger partial charge < -0.3 is 10.2 Å². The van der Waals surface area contributed by atoms with Gasteiger partial charge in [0, 0.05) is 18.3 Å². The molecule has 1 aliphatic heterocycles. The smallest absolute Gasteiger partial charge is 0.318 e. The Hall–Kier alpha value is -2.81. The summed E-state index contributed by atoms with van der Waals surface area (Å²) in [6.45, 7) is 2.71. The molecule has 0 spiro atoms. The van der Waals surface area contributed by atoms with Gasteiger partial charge in [0.15, 0.2) is 0 Å². The van der Waals surface area contributed by atoms with Crippen molar-refractivity contribution in [2.24, 2.45) is 0 Å². The van der Waals surface area contributed by atoms with Gasteiger partial charge in [0.2, 0.25) is 0 Å². The van der Waals surface area contributed by atoms with E-state index in [4.69, 9.17) is 5.26 Å². The van der Waals surface area contributed by atoms with Gasteiger partial charge in [0.25, 0.3) is 0 Å². The Labute approximate surface area is 141 Å². The number of aromatic nitrogens is 2. The summed E-state index contributed by atoms with van der Waals surface area (Å²) in [5.74, 6) is 0. The fourth-order valence-corrected chi connectivity index (χ4v) is 3.16. The summed E-state index contributed by atoms with van der Waals surface area (Å²) in [6, 6.07) is 9.31. The minimum Gasteiger partial charge on any atom is -0.331 e. The first-order chi connectivity index (χ1) is 11.7. The quantitative estimate of drug-likeness (QED) is 0.909. The predicted octanol–water partition coefficient (Wildman–Crippen LogP) is 3.28. The number of hydrogen-bond acceptors (Lipinski definition) is 3. The van der Waals surface area contributed by atoms with Gasteiger partial charge in [0.1, 0.15) is 0 Å². The lowest BCUT2D eigenvalue weighted by atomic mass is 9.98. The lowest BCUT2D eigenvalue weighted by Crippen LogP contribution is -2.45. The third-order valence-corrected chi connectivity index (χ3v) is 4.55. The van der Waals surface area contributed by atoms with E-state index >= 15 is 0 Å². The number of aromatic amines is 1. The zero-order valence-electron chi connectivity index (χ0n) is 13.7. The molecule has 0 aliphatic carbocycles. The summed E-state index contributed by atoms with van der Waals surface area (Å²) in [4.78, 5) is 14.6. The van der Waals surface area contributed by atoms with Crippen molar-refractivity contribution in [1.82, 2.24) is 20.4 Å². The number of carbonyl (C=O) groups is 1. The average molecular weight is 323 g/mol. The second kappa shape index (κ2) is 7.18. The minimum atomic E-state index is -0.114. The van der Waals surface area contributed by atoms with Crippen LogP contribution < -0.4 is 5.32 Å². The normalized spacial score (nSPS) is 18.7. The van der Waals surface area contributed by atoms with Gasteiger partial charge in [-0.2, -0.15) is 10.4 Å². The topological polar surface area (TPSA) is 84.8 Å². The summed E-state index contributed by atoms with van der Waals surface area (Å²) in [5.41, 5.74) is 2.66. The van der Waals surface area contributed by atoms with E-state index in [1.54, 1.807) is 18.3 Å². The van der Waals surface area contributed by atoms with Gasteiger partial charge in [-0.15, -0.1) is 0 Å². The predicted molar refractivity (Wildman–Crippen MR) is 90.0 cm³/mol. The third-order valence-electron chi connectivity index (χ3n) is 4.55. The van der Waals surface area contributed by atoms with Gasteiger partial charge in [-0.05, 0) is 43.9 Å².